The lowest BCUT2D eigenvalue weighted by atomic mass is 9.88. The zero-order valence-corrected chi connectivity index (χ0v) is 11.5. The Kier molecular flexibility index (Phi) is 2.62. The molecule has 2 saturated heterocycles. The molecule has 4 rings (SSSR count). The van der Waals surface area contributed by atoms with Gasteiger partial charge in [-0.05, 0) is 18.2 Å². The Morgan fingerprint density at radius 2 is 2.05 bits per heavy atom. The van der Waals surface area contributed by atoms with Crippen LogP contribution in [0.3, 0.4) is 0 Å². The molecule has 2 aliphatic heterocycles. The summed E-state index contributed by atoms with van der Waals surface area (Å²) in [5.74, 6) is -0.175. The molecule has 0 bridgehead atoms. The molecular weight excluding hydrogens is 276 g/mol. The first kappa shape index (κ1) is 12.3. The van der Waals surface area contributed by atoms with Crippen LogP contribution in [0.2, 0.25) is 0 Å². The number of ether oxygens (including phenoxy) is 2. The lowest BCUT2D eigenvalue weighted by Gasteiger charge is -2.26. The fourth-order valence-electron chi connectivity index (χ4n) is 3.06. The van der Waals surface area contributed by atoms with Crippen molar-refractivity contribution in [1.29, 1.82) is 0 Å². The lowest BCUT2D eigenvalue weighted by Crippen LogP contribution is -2.40. The number of hydrogen-bond acceptors (Lipinski definition) is 4. The first-order chi connectivity index (χ1) is 9.70. The van der Waals surface area contributed by atoms with Gasteiger partial charge in [-0.25, -0.2) is 0 Å². The van der Waals surface area contributed by atoms with E-state index in [9.17, 15) is 9.00 Å². The van der Waals surface area contributed by atoms with Gasteiger partial charge in [0.1, 0.15) is 12.2 Å². The van der Waals surface area contributed by atoms with Gasteiger partial charge in [-0.1, -0.05) is 24.3 Å². The number of epoxide rings is 1. The van der Waals surface area contributed by atoms with Gasteiger partial charge in [0.2, 0.25) is 0 Å². The van der Waals surface area contributed by atoms with Gasteiger partial charge in [-0.2, -0.15) is 0 Å². The third-order valence-corrected chi connectivity index (χ3v) is 5.80. The van der Waals surface area contributed by atoms with Crippen LogP contribution < -0.4 is 0 Å². The van der Waals surface area contributed by atoms with Crippen molar-refractivity contribution in [3.63, 3.8) is 0 Å². The number of esters is 1. The van der Waals surface area contributed by atoms with Crippen LogP contribution in [-0.2, 0) is 25.1 Å². The van der Waals surface area contributed by atoms with Gasteiger partial charge in [-0.15, -0.1) is 0 Å². The van der Waals surface area contributed by atoms with Gasteiger partial charge < -0.3 is 9.47 Å². The standard InChI is InChI=1S/C15H14O4S/c16-12-7-9-15(19-12)8-6-11(13-14(15)18-13)20(17)10-4-2-1-3-5-10/h1-6,8,11,13-14H,7,9H2/t11?,13-,14-,15+,20?/m1/s1. The highest BCUT2D eigenvalue weighted by atomic mass is 32.2. The van der Waals surface area contributed by atoms with E-state index in [-0.39, 0.29) is 23.4 Å². The molecule has 20 heavy (non-hydrogen) atoms. The molecule has 5 heteroatoms. The van der Waals surface area contributed by atoms with Crippen molar-refractivity contribution >= 4 is 16.8 Å². The van der Waals surface area contributed by atoms with Gasteiger partial charge in [0, 0.05) is 17.7 Å². The van der Waals surface area contributed by atoms with E-state index in [0.717, 1.165) is 4.90 Å². The zero-order valence-electron chi connectivity index (χ0n) is 10.7. The second-order valence-electron chi connectivity index (χ2n) is 5.38. The van der Waals surface area contributed by atoms with Crippen LogP contribution in [0.5, 0.6) is 0 Å². The molecule has 1 aromatic rings. The summed E-state index contributed by atoms with van der Waals surface area (Å²) >= 11 is 0. The van der Waals surface area contributed by atoms with Crippen molar-refractivity contribution in [1.82, 2.24) is 0 Å². The van der Waals surface area contributed by atoms with Crippen LogP contribution in [0.15, 0.2) is 47.4 Å². The van der Waals surface area contributed by atoms with Crippen LogP contribution in [0, 0.1) is 0 Å². The minimum absolute atomic E-state index is 0.105. The second-order valence-corrected chi connectivity index (χ2v) is 7.00. The highest BCUT2D eigenvalue weighted by molar-refractivity contribution is 7.86. The number of carbonyl (C=O) groups is 1. The maximum atomic E-state index is 12.6. The average Bonchev–Trinajstić information content (AvgIpc) is 3.20. The van der Waals surface area contributed by atoms with Gasteiger partial charge in [0.15, 0.2) is 5.60 Å². The Morgan fingerprint density at radius 1 is 1.25 bits per heavy atom. The summed E-state index contributed by atoms with van der Waals surface area (Å²) in [6.07, 6.45) is 4.65. The quantitative estimate of drug-likeness (QED) is 0.471. The smallest absolute Gasteiger partial charge is 0.306 e. The Hall–Kier alpha value is -1.46. The Morgan fingerprint density at radius 3 is 2.75 bits per heavy atom. The summed E-state index contributed by atoms with van der Waals surface area (Å²) in [6.45, 7) is 0. The average molecular weight is 290 g/mol. The van der Waals surface area contributed by atoms with E-state index in [1.807, 2.05) is 42.5 Å². The fraction of sp³-hybridized carbons (Fsp3) is 0.400. The van der Waals surface area contributed by atoms with Crippen LogP contribution >= 0.6 is 0 Å². The fourth-order valence-corrected chi connectivity index (χ4v) is 4.47. The van der Waals surface area contributed by atoms with Crippen LogP contribution in [0.4, 0.5) is 0 Å². The molecule has 2 unspecified atom stereocenters. The van der Waals surface area contributed by atoms with Gasteiger partial charge in [0.25, 0.3) is 0 Å². The molecule has 0 amide bonds. The molecule has 1 aromatic carbocycles. The van der Waals surface area contributed by atoms with Crippen molar-refractivity contribution in [3.05, 3.63) is 42.5 Å². The van der Waals surface area contributed by atoms with Crippen molar-refractivity contribution in [2.45, 2.75) is 40.8 Å². The number of carbonyl (C=O) groups excluding carboxylic acids is 1. The molecule has 104 valence electrons. The van der Waals surface area contributed by atoms with Gasteiger partial charge >= 0.3 is 5.97 Å². The summed E-state index contributed by atoms with van der Waals surface area (Å²) in [6, 6.07) is 9.39. The molecule has 2 fully saturated rings. The maximum absolute atomic E-state index is 12.6. The minimum atomic E-state index is -1.14. The van der Waals surface area contributed by atoms with Gasteiger partial charge in [0.05, 0.1) is 16.0 Å². The molecule has 0 radical (unpaired) electrons. The molecule has 1 spiro atoms. The molecule has 0 N–H and O–H groups in total. The molecule has 0 aromatic heterocycles. The normalized spacial score (nSPS) is 39.4. The molecule has 1 aliphatic carbocycles. The largest absolute Gasteiger partial charge is 0.452 e. The predicted octanol–water partition coefficient (Wildman–Crippen LogP) is 1.58. The minimum Gasteiger partial charge on any atom is -0.452 e. The molecular formula is C15H14O4S. The van der Waals surface area contributed by atoms with E-state index in [4.69, 9.17) is 9.47 Å². The van der Waals surface area contributed by atoms with E-state index in [2.05, 4.69) is 0 Å². The summed E-state index contributed by atoms with van der Waals surface area (Å²) < 4.78 is 23.7. The summed E-state index contributed by atoms with van der Waals surface area (Å²) in [4.78, 5) is 12.1. The van der Waals surface area contributed by atoms with Crippen LogP contribution in [0.25, 0.3) is 0 Å². The van der Waals surface area contributed by atoms with E-state index in [0.29, 0.717) is 12.8 Å². The monoisotopic (exact) mass is 290 g/mol. The third-order valence-electron chi connectivity index (χ3n) is 4.15. The predicted molar refractivity (Wildman–Crippen MR) is 72.5 cm³/mol. The SMILES string of the molecule is O=C1CC[C@]2(C=CC(S(=O)c3ccccc3)[C@H]3O[C@H]32)O1. The Balaban J connectivity index is 1.60. The van der Waals surface area contributed by atoms with Crippen LogP contribution in [-0.4, -0.2) is 33.2 Å². The maximum Gasteiger partial charge on any atom is 0.306 e. The number of fused-ring (bicyclic) bond motifs is 2. The number of benzene rings is 1. The van der Waals surface area contributed by atoms with Gasteiger partial charge in [-0.3, -0.25) is 9.00 Å². The highest BCUT2D eigenvalue weighted by Gasteiger charge is 2.63. The number of rotatable bonds is 2. The first-order valence-corrected chi connectivity index (χ1v) is 7.93. The Bertz CT molecular complexity index is 612. The molecule has 4 nitrogen and oxygen atoms in total. The van der Waals surface area contributed by atoms with E-state index in [1.165, 1.54) is 0 Å². The van der Waals surface area contributed by atoms with Crippen molar-refractivity contribution in [2.24, 2.45) is 0 Å². The van der Waals surface area contributed by atoms with Crippen LogP contribution in [0.1, 0.15) is 12.8 Å². The topological polar surface area (TPSA) is 55.9 Å². The third kappa shape index (κ3) is 1.77. The summed E-state index contributed by atoms with van der Waals surface area (Å²) in [5.41, 5.74) is -0.598. The van der Waals surface area contributed by atoms with Crippen molar-refractivity contribution in [3.8, 4) is 0 Å². The highest BCUT2D eigenvalue weighted by Crippen LogP contribution is 2.48. The van der Waals surface area contributed by atoms with Crippen molar-refractivity contribution < 1.29 is 18.5 Å². The first-order valence-electron chi connectivity index (χ1n) is 6.72. The second kappa shape index (κ2) is 4.27. The summed E-state index contributed by atoms with van der Waals surface area (Å²) in [7, 11) is -1.14. The molecule has 2 heterocycles. The van der Waals surface area contributed by atoms with Crippen molar-refractivity contribution in [2.75, 3.05) is 0 Å². The molecule has 0 saturated carbocycles. The zero-order chi connectivity index (χ0) is 13.7. The summed E-state index contributed by atoms with van der Waals surface area (Å²) in [5, 5.41) is -0.160. The Labute approximate surface area is 119 Å². The lowest BCUT2D eigenvalue weighted by molar-refractivity contribution is -0.146. The molecule has 3 aliphatic rings. The van der Waals surface area contributed by atoms with E-state index in [1.54, 1.807) is 0 Å². The number of hydrogen-bond donors (Lipinski definition) is 0. The van der Waals surface area contributed by atoms with E-state index >= 15 is 0 Å². The van der Waals surface area contributed by atoms with E-state index < -0.39 is 16.4 Å². The molecule has 5 atom stereocenters.